The van der Waals surface area contributed by atoms with Crippen molar-refractivity contribution in [2.24, 2.45) is 0 Å². The van der Waals surface area contributed by atoms with Gasteiger partial charge in [-0.15, -0.1) is 5.10 Å². The van der Waals surface area contributed by atoms with E-state index in [1.54, 1.807) is 6.92 Å². The Labute approximate surface area is 179 Å². The SMILES string of the molecule is Cc1cccc(C)c1-n1nnnc1SC(C)C(=O)Nc1ccc(Cl)cc1C(F)(F)F. The molecule has 30 heavy (non-hydrogen) atoms. The topological polar surface area (TPSA) is 72.7 Å². The summed E-state index contributed by atoms with van der Waals surface area (Å²) >= 11 is 6.72. The van der Waals surface area contributed by atoms with Crippen LogP contribution < -0.4 is 5.32 Å². The number of alkyl halides is 3. The number of thioether (sulfide) groups is 1. The van der Waals surface area contributed by atoms with Gasteiger partial charge in [0, 0.05) is 5.02 Å². The molecule has 3 aromatic rings. The van der Waals surface area contributed by atoms with E-state index in [4.69, 9.17) is 11.6 Å². The van der Waals surface area contributed by atoms with Crippen molar-refractivity contribution < 1.29 is 18.0 Å². The van der Waals surface area contributed by atoms with Crippen molar-refractivity contribution >= 4 is 35.0 Å². The van der Waals surface area contributed by atoms with Gasteiger partial charge in [-0.25, -0.2) is 0 Å². The maximum atomic E-state index is 13.3. The molecule has 0 aliphatic carbocycles. The third-order valence-corrected chi connectivity index (χ3v) is 5.56. The molecule has 1 unspecified atom stereocenters. The Balaban J connectivity index is 1.82. The van der Waals surface area contributed by atoms with Gasteiger partial charge in [-0.05, 0) is 60.5 Å². The lowest BCUT2D eigenvalue weighted by molar-refractivity contribution is -0.137. The van der Waals surface area contributed by atoms with Gasteiger partial charge in [-0.1, -0.05) is 41.6 Å². The molecule has 0 saturated heterocycles. The smallest absolute Gasteiger partial charge is 0.325 e. The van der Waals surface area contributed by atoms with Gasteiger partial charge < -0.3 is 5.32 Å². The van der Waals surface area contributed by atoms with E-state index < -0.39 is 22.9 Å². The van der Waals surface area contributed by atoms with Crippen LogP contribution in [0.3, 0.4) is 0 Å². The second-order valence-corrected chi connectivity index (χ2v) is 8.30. The minimum atomic E-state index is -4.66. The monoisotopic (exact) mass is 455 g/mol. The number of aromatic nitrogens is 4. The van der Waals surface area contributed by atoms with Gasteiger partial charge in [-0.3, -0.25) is 4.79 Å². The molecule has 0 radical (unpaired) electrons. The maximum absolute atomic E-state index is 13.3. The van der Waals surface area contributed by atoms with E-state index in [0.29, 0.717) is 5.16 Å². The largest absolute Gasteiger partial charge is 0.418 e. The molecule has 11 heteroatoms. The number of hydrogen-bond acceptors (Lipinski definition) is 5. The Morgan fingerprint density at radius 1 is 1.20 bits per heavy atom. The summed E-state index contributed by atoms with van der Waals surface area (Å²) in [7, 11) is 0. The van der Waals surface area contributed by atoms with Crippen LogP contribution in [0.25, 0.3) is 5.69 Å². The minimum absolute atomic E-state index is 0.0736. The van der Waals surface area contributed by atoms with Crippen molar-refractivity contribution in [1.82, 2.24) is 20.2 Å². The zero-order chi connectivity index (χ0) is 22.1. The van der Waals surface area contributed by atoms with Crippen LogP contribution >= 0.6 is 23.4 Å². The van der Waals surface area contributed by atoms with Crippen molar-refractivity contribution in [3.8, 4) is 5.69 Å². The fourth-order valence-corrected chi connectivity index (χ4v) is 3.80. The number of carbonyl (C=O) groups is 1. The van der Waals surface area contributed by atoms with Gasteiger partial charge in [-0.2, -0.15) is 17.9 Å². The lowest BCUT2D eigenvalue weighted by Gasteiger charge is -2.17. The second kappa shape index (κ2) is 8.65. The predicted molar refractivity (Wildman–Crippen MR) is 109 cm³/mol. The predicted octanol–water partition coefficient (Wildman–Crippen LogP) is 5.07. The highest BCUT2D eigenvalue weighted by molar-refractivity contribution is 8.00. The third kappa shape index (κ3) is 4.76. The summed E-state index contributed by atoms with van der Waals surface area (Å²) in [6, 6.07) is 8.91. The molecule has 1 atom stereocenters. The fourth-order valence-electron chi connectivity index (χ4n) is 2.84. The van der Waals surface area contributed by atoms with E-state index in [0.717, 1.165) is 40.7 Å². The summed E-state index contributed by atoms with van der Waals surface area (Å²) in [6.45, 7) is 5.38. The first-order valence-electron chi connectivity index (χ1n) is 8.77. The van der Waals surface area contributed by atoms with Crippen molar-refractivity contribution in [3.05, 3.63) is 58.1 Å². The molecule has 1 aromatic heterocycles. The number of carbonyl (C=O) groups excluding carboxylic acids is 1. The molecule has 2 aromatic carbocycles. The average molecular weight is 456 g/mol. The second-order valence-electron chi connectivity index (χ2n) is 6.55. The van der Waals surface area contributed by atoms with Gasteiger partial charge >= 0.3 is 6.18 Å². The van der Waals surface area contributed by atoms with Crippen LogP contribution in [0.2, 0.25) is 5.02 Å². The fraction of sp³-hybridized carbons (Fsp3) is 0.263. The Morgan fingerprint density at radius 2 is 1.87 bits per heavy atom. The molecular formula is C19H17ClF3N5OS. The minimum Gasteiger partial charge on any atom is -0.325 e. The number of halogens is 4. The highest BCUT2D eigenvalue weighted by Crippen LogP contribution is 2.37. The summed E-state index contributed by atoms with van der Waals surface area (Å²) in [5.41, 5.74) is 1.30. The summed E-state index contributed by atoms with van der Waals surface area (Å²) in [5.74, 6) is -0.621. The molecule has 0 fully saturated rings. The van der Waals surface area contributed by atoms with Gasteiger partial charge in [0.1, 0.15) is 0 Å². The van der Waals surface area contributed by atoms with E-state index in [1.807, 2.05) is 32.0 Å². The van der Waals surface area contributed by atoms with Crippen LogP contribution in [-0.2, 0) is 11.0 Å². The molecule has 0 bridgehead atoms. The Hall–Kier alpha value is -2.59. The highest BCUT2D eigenvalue weighted by atomic mass is 35.5. The maximum Gasteiger partial charge on any atom is 0.418 e. The molecule has 1 amide bonds. The number of nitrogens with one attached hydrogen (secondary N) is 1. The Kier molecular flexibility index (Phi) is 6.37. The van der Waals surface area contributed by atoms with Gasteiger partial charge in [0.25, 0.3) is 0 Å². The van der Waals surface area contributed by atoms with E-state index in [9.17, 15) is 18.0 Å². The number of amides is 1. The first-order valence-corrected chi connectivity index (χ1v) is 10.0. The number of para-hydroxylation sites is 1. The van der Waals surface area contributed by atoms with Gasteiger partial charge in [0.05, 0.1) is 22.2 Å². The van der Waals surface area contributed by atoms with E-state index in [2.05, 4.69) is 20.8 Å². The summed E-state index contributed by atoms with van der Waals surface area (Å²) in [6.07, 6.45) is -4.66. The zero-order valence-corrected chi connectivity index (χ0v) is 17.7. The molecule has 0 spiro atoms. The van der Waals surface area contributed by atoms with Gasteiger partial charge in [0.15, 0.2) is 0 Å². The van der Waals surface area contributed by atoms with E-state index >= 15 is 0 Å². The number of nitrogens with zero attached hydrogens (tertiary/aromatic N) is 4. The number of aryl methyl sites for hydroxylation is 2. The summed E-state index contributed by atoms with van der Waals surface area (Å²) < 4.78 is 41.3. The van der Waals surface area contributed by atoms with Crippen molar-refractivity contribution in [2.45, 2.75) is 37.4 Å². The molecule has 6 nitrogen and oxygen atoms in total. The molecule has 158 valence electrons. The molecule has 1 heterocycles. The van der Waals surface area contributed by atoms with Crippen molar-refractivity contribution in [2.75, 3.05) is 5.32 Å². The van der Waals surface area contributed by atoms with Crippen LogP contribution in [0.5, 0.6) is 0 Å². The quantitative estimate of drug-likeness (QED) is 0.544. The molecule has 0 aliphatic rings. The molecule has 3 rings (SSSR count). The zero-order valence-electron chi connectivity index (χ0n) is 16.2. The number of tetrazole rings is 1. The molecule has 0 aliphatic heterocycles. The average Bonchev–Trinajstić information content (AvgIpc) is 3.10. The van der Waals surface area contributed by atoms with Crippen LogP contribution in [-0.4, -0.2) is 31.4 Å². The molecule has 0 saturated carbocycles. The lowest BCUT2D eigenvalue weighted by Crippen LogP contribution is -2.24. The van der Waals surface area contributed by atoms with E-state index in [-0.39, 0.29) is 10.7 Å². The number of rotatable bonds is 5. The van der Waals surface area contributed by atoms with Crippen LogP contribution in [0.1, 0.15) is 23.6 Å². The summed E-state index contributed by atoms with van der Waals surface area (Å²) in [4.78, 5) is 12.6. The molecule has 1 N–H and O–H groups in total. The standard InChI is InChI=1S/C19H17ClF3N5OS/c1-10-5-4-6-11(2)16(10)28-18(25-26-27-28)30-12(3)17(29)24-15-8-7-13(20)9-14(15)19(21,22)23/h4-9,12H,1-3H3,(H,24,29). The molecular weight excluding hydrogens is 439 g/mol. The van der Waals surface area contributed by atoms with Crippen LogP contribution in [0.15, 0.2) is 41.6 Å². The Bertz CT molecular complexity index is 1070. The normalized spacial score (nSPS) is 12.6. The number of benzene rings is 2. The van der Waals surface area contributed by atoms with Crippen molar-refractivity contribution in [1.29, 1.82) is 0 Å². The summed E-state index contributed by atoms with van der Waals surface area (Å²) in [5, 5.41) is 13.5. The van der Waals surface area contributed by atoms with Crippen molar-refractivity contribution in [3.63, 3.8) is 0 Å². The van der Waals surface area contributed by atoms with Gasteiger partial charge in [0.2, 0.25) is 11.1 Å². The first kappa shape index (κ1) is 22.1. The number of anilines is 1. The number of hydrogen-bond donors (Lipinski definition) is 1. The Morgan fingerprint density at radius 3 is 2.50 bits per heavy atom. The van der Waals surface area contributed by atoms with Crippen LogP contribution in [0.4, 0.5) is 18.9 Å². The highest BCUT2D eigenvalue weighted by Gasteiger charge is 2.34. The first-order chi connectivity index (χ1) is 14.1. The van der Waals surface area contributed by atoms with E-state index in [1.165, 1.54) is 10.7 Å². The van der Waals surface area contributed by atoms with Crippen LogP contribution in [0, 0.1) is 13.8 Å². The third-order valence-electron chi connectivity index (χ3n) is 4.29. The lowest BCUT2D eigenvalue weighted by atomic mass is 10.1.